The van der Waals surface area contributed by atoms with Gasteiger partial charge < -0.3 is 5.32 Å². The van der Waals surface area contributed by atoms with E-state index in [1.54, 1.807) is 6.07 Å². The van der Waals surface area contributed by atoms with Gasteiger partial charge in [0.2, 0.25) is 0 Å². The molecule has 2 fully saturated rings. The first-order chi connectivity index (χ1) is 8.75. The number of hydrogen-bond donors (Lipinski definition) is 1. The summed E-state index contributed by atoms with van der Waals surface area (Å²) in [5.41, 5.74) is 0.654. The molecule has 1 aromatic carbocycles. The molecule has 2 aliphatic carbocycles. The van der Waals surface area contributed by atoms with Crippen LogP contribution >= 0.6 is 15.9 Å². The first-order valence-electron chi connectivity index (χ1n) is 6.96. The van der Waals surface area contributed by atoms with Gasteiger partial charge in [-0.1, -0.05) is 18.9 Å². The first kappa shape index (κ1) is 12.5. The molecule has 0 unspecified atom stereocenters. The summed E-state index contributed by atoms with van der Waals surface area (Å²) in [6, 6.07) is 5.66. The Labute approximate surface area is 116 Å². The van der Waals surface area contributed by atoms with Crippen LogP contribution in [-0.4, -0.2) is 6.04 Å². The van der Waals surface area contributed by atoms with E-state index in [-0.39, 0.29) is 5.82 Å². The van der Waals surface area contributed by atoms with Gasteiger partial charge in [-0.15, -0.1) is 0 Å². The Morgan fingerprint density at radius 3 is 2.17 bits per heavy atom. The number of anilines is 1. The number of benzene rings is 1. The molecule has 1 N–H and O–H groups in total. The summed E-state index contributed by atoms with van der Waals surface area (Å²) in [6.07, 6.45) is 7.91. The molecule has 0 spiro atoms. The van der Waals surface area contributed by atoms with Crippen molar-refractivity contribution in [2.75, 3.05) is 5.32 Å². The van der Waals surface area contributed by atoms with E-state index in [2.05, 4.69) is 21.2 Å². The fourth-order valence-electron chi connectivity index (χ4n) is 3.02. The zero-order valence-corrected chi connectivity index (χ0v) is 12.0. The maximum atomic E-state index is 13.9. The molecule has 1 nitrogen and oxygen atoms in total. The minimum Gasteiger partial charge on any atom is -0.378 e. The van der Waals surface area contributed by atoms with E-state index in [4.69, 9.17) is 0 Å². The van der Waals surface area contributed by atoms with Crippen LogP contribution in [0.3, 0.4) is 0 Å². The van der Waals surface area contributed by atoms with Crippen LogP contribution in [0.5, 0.6) is 0 Å². The number of para-hydroxylation sites is 1. The number of hydrogen-bond acceptors (Lipinski definition) is 1. The number of nitrogens with one attached hydrogen (secondary N) is 1. The van der Waals surface area contributed by atoms with Crippen LogP contribution in [0.25, 0.3) is 0 Å². The molecule has 3 heteroatoms. The van der Waals surface area contributed by atoms with Crippen molar-refractivity contribution in [2.24, 2.45) is 11.8 Å². The van der Waals surface area contributed by atoms with E-state index in [9.17, 15) is 4.39 Å². The minimum atomic E-state index is -0.145. The molecule has 0 saturated heterocycles. The van der Waals surface area contributed by atoms with Crippen molar-refractivity contribution in [1.29, 1.82) is 0 Å². The second kappa shape index (κ2) is 5.20. The lowest BCUT2D eigenvalue weighted by Crippen LogP contribution is -2.42. The second-order valence-corrected chi connectivity index (χ2v) is 6.50. The Kier molecular flexibility index (Phi) is 3.60. The van der Waals surface area contributed by atoms with Crippen LogP contribution in [-0.2, 0) is 0 Å². The molecule has 2 aliphatic rings. The molecule has 18 heavy (non-hydrogen) atoms. The molecule has 0 aliphatic heterocycles. The van der Waals surface area contributed by atoms with Crippen molar-refractivity contribution in [3.8, 4) is 0 Å². The van der Waals surface area contributed by atoms with Crippen LogP contribution in [0.2, 0.25) is 0 Å². The van der Waals surface area contributed by atoms with Gasteiger partial charge in [-0.2, -0.15) is 0 Å². The molecule has 0 atom stereocenters. The topological polar surface area (TPSA) is 12.0 Å². The van der Waals surface area contributed by atoms with Crippen LogP contribution in [0.1, 0.15) is 38.5 Å². The maximum absolute atomic E-state index is 13.9. The third kappa shape index (κ3) is 2.29. The van der Waals surface area contributed by atoms with Gasteiger partial charge in [0.15, 0.2) is 0 Å². The molecular weight excluding hydrogens is 293 g/mol. The normalized spacial score (nSPS) is 20.6. The summed E-state index contributed by atoms with van der Waals surface area (Å²) >= 11 is 3.45. The van der Waals surface area contributed by atoms with Gasteiger partial charge in [0, 0.05) is 10.5 Å². The highest BCUT2D eigenvalue weighted by Gasteiger charge is 2.36. The van der Waals surface area contributed by atoms with Gasteiger partial charge in [-0.25, -0.2) is 4.39 Å². The summed E-state index contributed by atoms with van der Waals surface area (Å²) < 4.78 is 14.7. The van der Waals surface area contributed by atoms with Gasteiger partial charge in [0.25, 0.3) is 0 Å². The molecule has 0 bridgehead atoms. The summed E-state index contributed by atoms with van der Waals surface area (Å²) in [7, 11) is 0. The van der Waals surface area contributed by atoms with Crippen molar-refractivity contribution >= 4 is 21.6 Å². The Morgan fingerprint density at radius 2 is 1.72 bits per heavy atom. The Morgan fingerprint density at radius 1 is 1.11 bits per heavy atom. The van der Waals surface area contributed by atoms with Gasteiger partial charge in [0.05, 0.1) is 5.69 Å². The van der Waals surface area contributed by atoms with E-state index in [1.165, 1.54) is 44.6 Å². The zero-order chi connectivity index (χ0) is 12.5. The maximum Gasteiger partial charge on any atom is 0.147 e. The highest BCUT2D eigenvalue weighted by molar-refractivity contribution is 9.10. The molecule has 3 rings (SSSR count). The highest BCUT2D eigenvalue weighted by atomic mass is 79.9. The van der Waals surface area contributed by atoms with Gasteiger partial charge in [-0.3, -0.25) is 0 Å². The smallest absolute Gasteiger partial charge is 0.147 e. The summed E-state index contributed by atoms with van der Waals surface area (Å²) in [5, 5.41) is 3.50. The van der Waals surface area contributed by atoms with E-state index >= 15 is 0 Å². The van der Waals surface area contributed by atoms with Gasteiger partial charge in [0.1, 0.15) is 5.82 Å². The first-order valence-corrected chi connectivity index (χ1v) is 7.75. The van der Waals surface area contributed by atoms with E-state index in [0.29, 0.717) is 11.7 Å². The molecule has 2 saturated carbocycles. The van der Waals surface area contributed by atoms with Crippen molar-refractivity contribution in [1.82, 2.24) is 0 Å². The second-order valence-electron chi connectivity index (χ2n) is 5.65. The summed E-state index contributed by atoms with van der Waals surface area (Å²) in [4.78, 5) is 0. The fraction of sp³-hybridized carbons (Fsp3) is 0.600. The van der Waals surface area contributed by atoms with Crippen molar-refractivity contribution < 1.29 is 4.39 Å². The van der Waals surface area contributed by atoms with E-state index in [1.807, 2.05) is 6.07 Å². The molecule has 0 heterocycles. The molecular formula is C15H19BrFN. The van der Waals surface area contributed by atoms with Gasteiger partial charge in [-0.05, 0) is 65.6 Å². The molecule has 1 aromatic rings. The number of halogens is 2. The third-order valence-corrected chi connectivity index (χ3v) is 5.25. The Bertz CT molecular complexity index is 392. The highest BCUT2D eigenvalue weighted by Crippen LogP contribution is 2.42. The van der Waals surface area contributed by atoms with Crippen molar-refractivity contribution in [2.45, 2.75) is 44.6 Å². The lowest BCUT2D eigenvalue weighted by atomic mass is 9.68. The van der Waals surface area contributed by atoms with Crippen LogP contribution in [0, 0.1) is 17.7 Å². The van der Waals surface area contributed by atoms with Crippen LogP contribution < -0.4 is 5.32 Å². The molecule has 0 aromatic heterocycles. The predicted molar refractivity (Wildman–Crippen MR) is 76.2 cm³/mol. The Balaban J connectivity index is 1.78. The lowest BCUT2D eigenvalue weighted by Gasteiger charge is -2.43. The molecule has 98 valence electrons. The number of rotatable bonds is 4. The predicted octanol–water partition coefficient (Wildman–Crippen LogP) is 4.97. The van der Waals surface area contributed by atoms with Crippen molar-refractivity contribution in [3.63, 3.8) is 0 Å². The lowest BCUT2D eigenvalue weighted by molar-refractivity contribution is 0.166. The molecule has 0 radical (unpaired) electrons. The monoisotopic (exact) mass is 311 g/mol. The molecule has 0 amide bonds. The quantitative estimate of drug-likeness (QED) is 0.828. The average Bonchev–Trinajstić information content (AvgIpc) is 2.18. The van der Waals surface area contributed by atoms with Crippen LogP contribution in [0.15, 0.2) is 22.7 Å². The third-order valence-electron chi connectivity index (χ3n) is 4.59. The van der Waals surface area contributed by atoms with Gasteiger partial charge >= 0.3 is 0 Å². The van der Waals surface area contributed by atoms with E-state index < -0.39 is 0 Å². The largest absolute Gasteiger partial charge is 0.378 e. The minimum absolute atomic E-state index is 0.145. The summed E-state index contributed by atoms with van der Waals surface area (Å²) in [6.45, 7) is 0. The standard InChI is InChI=1S/C15H19BrFN/c16-12-8-3-9-13(17)15(12)18-14(10-4-1-5-10)11-6-2-7-11/h3,8-11,14,18H,1-2,4-7H2. The SMILES string of the molecule is Fc1cccc(Br)c1NC(C1CCC1)C1CCC1. The summed E-state index contributed by atoms with van der Waals surface area (Å²) in [5.74, 6) is 1.36. The average molecular weight is 312 g/mol. The Hall–Kier alpha value is -0.570. The van der Waals surface area contributed by atoms with E-state index in [0.717, 1.165) is 16.3 Å². The fourth-order valence-corrected chi connectivity index (χ4v) is 3.48. The van der Waals surface area contributed by atoms with Crippen molar-refractivity contribution in [3.05, 3.63) is 28.5 Å². The van der Waals surface area contributed by atoms with Crippen LogP contribution in [0.4, 0.5) is 10.1 Å². The zero-order valence-electron chi connectivity index (χ0n) is 10.5.